The fourth-order valence-electron chi connectivity index (χ4n) is 4.58. The summed E-state index contributed by atoms with van der Waals surface area (Å²) in [5, 5.41) is 5.01. The smallest absolute Gasteiger partial charge is 0.253 e. The van der Waals surface area contributed by atoms with Crippen LogP contribution in [-0.4, -0.2) is 28.3 Å². The normalized spacial score (nSPS) is 12.1. The first-order valence-electron chi connectivity index (χ1n) is 12.0. The Kier molecular flexibility index (Phi) is 6.91. The first-order chi connectivity index (χ1) is 17.5. The van der Waals surface area contributed by atoms with Gasteiger partial charge in [0, 0.05) is 18.7 Å². The highest BCUT2D eigenvalue weighted by Gasteiger charge is 2.18. The molecule has 1 aromatic heterocycles. The number of thiocarbonyl (C=S) groups is 1. The molecule has 5 rings (SSSR count). The van der Waals surface area contributed by atoms with E-state index in [1.165, 1.54) is 5.56 Å². The van der Waals surface area contributed by atoms with Crippen LogP contribution in [-0.2, 0) is 19.5 Å². The van der Waals surface area contributed by atoms with Crippen molar-refractivity contribution in [2.75, 3.05) is 13.3 Å². The fraction of sp³-hybridized carbons (Fsp3) is 0.241. The molecule has 4 aromatic rings. The lowest BCUT2D eigenvalue weighted by Gasteiger charge is -2.26. The lowest BCUT2D eigenvalue weighted by Crippen LogP contribution is -2.40. The summed E-state index contributed by atoms with van der Waals surface area (Å²) in [7, 11) is 0. The van der Waals surface area contributed by atoms with Crippen LogP contribution < -0.4 is 20.3 Å². The summed E-state index contributed by atoms with van der Waals surface area (Å²) in [6, 6.07) is 22.3. The minimum absolute atomic E-state index is 0.0998. The third kappa shape index (κ3) is 5.36. The van der Waals surface area contributed by atoms with E-state index in [2.05, 4.69) is 41.5 Å². The SMILES string of the molecule is Cc1cc(C)c2[nH]c(=O)c(CN(Cc3ccc4c(c3)OCO4)C(=S)NCCc3ccccc3)cc2c1. The summed E-state index contributed by atoms with van der Waals surface area (Å²) >= 11 is 5.82. The van der Waals surface area contributed by atoms with E-state index in [4.69, 9.17) is 21.7 Å². The molecule has 1 aliphatic heterocycles. The molecule has 7 heteroatoms. The van der Waals surface area contributed by atoms with Gasteiger partial charge in [0.25, 0.3) is 5.56 Å². The molecule has 0 radical (unpaired) electrons. The highest BCUT2D eigenvalue weighted by molar-refractivity contribution is 7.80. The van der Waals surface area contributed by atoms with Crippen molar-refractivity contribution in [3.05, 3.63) is 105 Å². The van der Waals surface area contributed by atoms with E-state index in [0.717, 1.165) is 45.5 Å². The summed E-state index contributed by atoms with van der Waals surface area (Å²) in [4.78, 5) is 18.2. The first kappa shape index (κ1) is 23.9. The molecule has 0 saturated heterocycles. The van der Waals surface area contributed by atoms with Crippen LogP contribution in [0.3, 0.4) is 0 Å². The molecule has 0 unspecified atom stereocenters. The summed E-state index contributed by atoms with van der Waals surface area (Å²) in [6.07, 6.45) is 0.855. The van der Waals surface area contributed by atoms with Crippen LogP contribution in [0.25, 0.3) is 10.9 Å². The zero-order valence-corrected chi connectivity index (χ0v) is 21.3. The van der Waals surface area contributed by atoms with Crippen LogP contribution in [0.15, 0.2) is 71.5 Å². The van der Waals surface area contributed by atoms with Gasteiger partial charge < -0.3 is 24.7 Å². The first-order valence-corrected chi connectivity index (χ1v) is 12.5. The minimum Gasteiger partial charge on any atom is -0.454 e. The maximum atomic E-state index is 13.1. The van der Waals surface area contributed by atoms with E-state index in [1.54, 1.807) is 0 Å². The van der Waals surface area contributed by atoms with Gasteiger partial charge in [0.15, 0.2) is 16.6 Å². The van der Waals surface area contributed by atoms with Gasteiger partial charge >= 0.3 is 0 Å². The Morgan fingerprint density at radius 2 is 1.78 bits per heavy atom. The third-order valence-electron chi connectivity index (χ3n) is 6.36. The number of fused-ring (bicyclic) bond motifs is 2. The van der Waals surface area contributed by atoms with Gasteiger partial charge in [-0.15, -0.1) is 0 Å². The number of aryl methyl sites for hydroxylation is 2. The van der Waals surface area contributed by atoms with Crippen LogP contribution in [0.2, 0.25) is 0 Å². The summed E-state index contributed by atoms with van der Waals surface area (Å²) < 4.78 is 11.0. The number of aromatic nitrogens is 1. The fourth-order valence-corrected chi connectivity index (χ4v) is 4.82. The van der Waals surface area contributed by atoms with Crippen LogP contribution in [0.1, 0.15) is 27.8 Å². The molecule has 184 valence electrons. The van der Waals surface area contributed by atoms with Crippen molar-refractivity contribution in [3.63, 3.8) is 0 Å². The predicted molar refractivity (Wildman–Crippen MR) is 147 cm³/mol. The molecule has 0 atom stereocenters. The zero-order valence-electron chi connectivity index (χ0n) is 20.5. The molecular weight excluding hydrogens is 470 g/mol. The van der Waals surface area contributed by atoms with Crippen molar-refractivity contribution in [3.8, 4) is 11.5 Å². The minimum atomic E-state index is -0.0998. The van der Waals surface area contributed by atoms with E-state index in [0.29, 0.717) is 30.3 Å². The predicted octanol–water partition coefficient (Wildman–Crippen LogP) is 4.99. The lowest BCUT2D eigenvalue weighted by molar-refractivity contribution is 0.174. The van der Waals surface area contributed by atoms with E-state index >= 15 is 0 Å². The second-order valence-corrected chi connectivity index (χ2v) is 9.57. The average molecular weight is 500 g/mol. The monoisotopic (exact) mass is 499 g/mol. The van der Waals surface area contributed by atoms with Gasteiger partial charge in [0.2, 0.25) is 6.79 Å². The zero-order chi connectivity index (χ0) is 25.1. The Morgan fingerprint density at radius 3 is 2.61 bits per heavy atom. The number of rotatable bonds is 7. The number of pyridine rings is 1. The van der Waals surface area contributed by atoms with Crippen LogP contribution >= 0.6 is 12.2 Å². The molecule has 0 aliphatic carbocycles. The maximum Gasteiger partial charge on any atom is 0.253 e. The molecule has 6 nitrogen and oxygen atoms in total. The molecule has 0 fully saturated rings. The molecule has 36 heavy (non-hydrogen) atoms. The number of H-pyrrole nitrogens is 1. The Balaban J connectivity index is 1.39. The topological polar surface area (TPSA) is 66.6 Å². The number of ether oxygens (including phenoxy) is 2. The standard InChI is InChI=1S/C29H29N3O3S/c1-19-12-20(2)27-23(13-19)15-24(28(33)31-27)17-32(16-22-8-9-25-26(14-22)35-18-34-25)29(36)30-11-10-21-6-4-3-5-7-21/h3-9,12-15H,10-11,16-18H2,1-2H3,(H,30,36)(H,31,33). The Bertz CT molecular complexity index is 1470. The van der Waals surface area contributed by atoms with E-state index < -0.39 is 0 Å². The van der Waals surface area contributed by atoms with Gasteiger partial charge in [-0.2, -0.15) is 0 Å². The molecule has 1 aliphatic rings. The van der Waals surface area contributed by atoms with Crippen molar-refractivity contribution in [2.24, 2.45) is 0 Å². The second-order valence-electron chi connectivity index (χ2n) is 9.18. The Hall–Kier alpha value is -3.84. The number of aromatic amines is 1. The Morgan fingerprint density at radius 1 is 0.972 bits per heavy atom. The van der Waals surface area contributed by atoms with E-state index in [9.17, 15) is 4.79 Å². The average Bonchev–Trinajstić information content (AvgIpc) is 3.33. The number of benzene rings is 3. The number of hydrogen-bond donors (Lipinski definition) is 2. The molecule has 2 heterocycles. The highest BCUT2D eigenvalue weighted by Crippen LogP contribution is 2.33. The van der Waals surface area contributed by atoms with Crippen molar-refractivity contribution >= 4 is 28.2 Å². The highest BCUT2D eigenvalue weighted by atomic mass is 32.1. The number of hydrogen-bond acceptors (Lipinski definition) is 4. The van der Waals surface area contributed by atoms with Gasteiger partial charge in [0.1, 0.15) is 0 Å². The summed E-state index contributed by atoms with van der Waals surface area (Å²) in [5.74, 6) is 1.47. The molecular formula is C29H29N3O3S. The van der Waals surface area contributed by atoms with Crippen LogP contribution in [0.5, 0.6) is 11.5 Å². The van der Waals surface area contributed by atoms with E-state index in [1.807, 2.05) is 54.3 Å². The van der Waals surface area contributed by atoms with Gasteiger partial charge in [-0.05, 0) is 78.8 Å². The van der Waals surface area contributed by atoms with Crippen molar-refractivity contribution in [1.82, 2.24) is 15.2 Å². The molecule has 3 aromatic carbocycles. The van der Waals surface area contributed by atoms with Gasteiger partial charge in [-0.3, -0.25) is 4.79 Å². The largest absolute Gasteiger partial charge is 0.454 e. The molecule has 0 saturated carbocycles. The second kappa shape index (κ2) is 10.4. The van der Waals surface area contributed by atoms with E-state index in [-0.39, 0.29) is 12.4 Å². The molecule has 0 spiro atoms. The number of nitrogens with zero attached hydrogens (tertiary/aromatic N) is 1. The van der Waals surface area contributed by atoms with Crippen molar-refractivity contribution in [2.45, 2.75) is 33.4 Å². The third-order valence-corrected chi connectivity index (χ3v) is 6.76. The van der Waals surface area contributed by atoms with Crippen molar-refractivity contribution < 1.29 is 9.47 Å². The summed E-state index contributed by atoms with van der Waals surface area (Å²) in [5.41, 5.74) is 5.93. The van der Waals surface area contributed by atoms with Crippen LogP contribution in [0.4, 0.5) is 0 Å². The van der Waals surface area contributed by atoms with Gasteiger partial charge in [-0.1, -0.05) is 48.0 Å². The summed E-state index contributed by atoms with van der Waals surface area (Å²) in [6.45, 7) is 5.92. The van der Waals surface area contributed by atoms with Gasteiger partial charge in [-0.25, -0.2) is 0 Å². The van der Waals surface area contributed by atoms with Crippen LogP contribution in [0, 0.1) is 13.8 Å². The maximum absolute atomic E-state index is 13.1. The number of nitrogens with one attached hydrogen (secondary N) is 2. The van der Waals surface area contributed by atoms with Crippen molar-refractivity contribution in [1.29, 1.82) is 0 Å². The molecule has 2 N–H and O–H groups in total. The lowest BCUT2D eigenvalue weighted by atomic mass is 10.0. The Labute approximate surface area is 215 Å². The van der Waals surface area contributed by atoms with Gasteiger partial charge in [0.05, 0.1) is 12.1 Å². The molecule has 0 bridgehead atoms. The molecule has 0 amide bonds. The quantitative estimate of drug-likeness (QED) is 0.349.